The molecule has 1 aromatic heterocycles. The third kappa shape index (κ3) is 4.36. The zero-order valence-corrected chi connectivity index (χ0v) is 14.7. The summed E-state index contributed by atoms with van der Waals surface area (Å²) in [6.45, 7) is 4.17. The Kier molecular flexibility index (Phi) is 5.21. The van der Waals surface area contributed by atoms with Crippen molar-refractivity contribution in [2.24, 2.45) is 5.92 Å². The number of hydrogen-bond acceptors (Lipinski definition) is 5. The van der Waals surface area contributed by atoms with E-state index in [1.54, 1.807) is 0 Å². The zero-order chi connectivity index (χ0) is 17.1. The Hall–Kier alpha value is -1.85. The van der Waals surface area contributed by atoms with Crippen LogP contribution in [0, 0.1) is 5.92 Å². The summed E-state index contributed by atoms with van der Waals surface area (Å²) < 4.78 is 0. The van der Waals surface area contributed by atoms with E-state index in [-0.39, 0.29) is 18.6 Å². The van der Waals surface area contributed by atoms with Crippen LogP contribution in [0.1, 0.15) is 38.3 Å². The molecule has 3 N–H and O–H groups in total. The fraction of sp³-hybridized carbons (Fsp3) is 0.444. The summed E-state index contributed by atoms with van der Waals surface area (Å²) in [6.07, 6.45) is 2.33. The van der Waals surface area contributed by atoms with Gasteiger partial charge in [0.2, 0.25) is 5.95 Å². The van der Waals surface area contributed by atoms with Gasteiger partial charge in [-0.15, -0.1) is 0 Å². The summed E-state index contributed by atoms with van der Waals surface area (Å²) in [5, 5.41) is 16.8. The van der Waals surface area contributed by atoms with Crippen molar-refractivity contribution in [2.75, 3.05) is 17.2 Å². The molecule has 3 rings (SSSR count). The van der Waals surface area contributed by atoms with Crippen LogP contribution in [0.25, 0.3) is 0 Å². The lowest BCUT2D eigenvalue weighted by atomic mass is 10.1. The number of anilines is 3. The van der Waals surface area contributed by atoms with Gasteiger partial charge in [-0.25, -0.2) is 4.98 Å². The lowest BCUT2D eigenvalue weighted by Gasteiger charge is -2.20. The second-order valence-corrected chi connectivity index (χ2v) is 7.03. The van der Waals surface area contributed by atoms with Gasteiger partial charge in [0.05, 0.1) is 18.3 Å². The number of halogens is 1. The minimum atomic E-state index is -0.0709. The van der Waals surface area contributed by atoms with Gasteiger partial charge in [0.25, 0.3) is 0 Å². The molecule has 0 spiro atoms. The number of rotatable bonds is 7. The van der Waals surface area contributed by atoms with Crippen LogP contribution in [0.3, 0.4) is 0 Å². The van der Waals surface area contributed by atoms with E-state index >= 15 is 0 Å². The van der Waals surface area contributed by atoms with Crippen molar-refractivity contribution in [3.05, 3.63) is 41.0 Å². The number of nitrogens with zero attached hydrogens (tertiary/aromatic N) is 2. The summed E-state index contributed by atoms with van der Waals surface area (Å²) in [7, 11) is 0. The van der Waals surface area contributed by atoms with Crippen LogP contribution in [-0.4, -0.2) is 27.7 Å². The highest BCUT2D eigenvalue weighted by molar-refractivity contribution is 6.30. The van der Waals surface area contributed by atoms with Crippen LogP contribution >= 0.6 is 11.6 Å². The van der Waals surface area contributed by atoms with E-state index in [2.05, 4.69) is 34.4 Å². The summed E-state index contributed by atoms with van der Waals surface area (Å²) in [5.74, 6) is 2.08. The van der Waals surface area contributed by atoms with Gasteiger partial charge in [-0.2, -0.15) is 4.98 Å². The first kappa shape index (κ1) is 17.0. The van der Waals surface area contributed by atoms with E-state index in [0.717, 1.165) is 17.2 Å². The first-order valence-corrected chi connectivity index (χ1v) is 8.72. The molecule has 1 aromatic carbocycles. The van der Waals surface area contributed by atoms with Gasteiger partial charge >= 0.3 is 0 Å². The van der Waals surface area contributed by atoms with Crippen molar-refractivity contribution in [1.29, 1.82) is 0 Å². The molecule has 0 bridgehead atoms. The van der Waals surface area contributed by atoms with Gasteiger partial charge in [-0.1, -0.05) is 31.5 Å². The molecule has 0 amide bonds. The Bertz CT molecular complexity index is 703. The summed E-state index contributed by atoms with van der Waals surface area (Å²) >= 11 is 6.04. The topological polar surface area (TPSA) is 70.1 Å². The lowest BCUT2D eigenvalue weighted by molar-refractivity contribution is 0.248. The van der Waals surface area contributed by atoms with Crippen molar-refractivity contribution in [3.63, 3.8) is 0 Å². The van der Waals surface area contributed by atoms with Gasteiger partial charge < -0.3 is 15.7 Å². The Balaban J connectivity index is 1.85. The highest BCUT2D eigenvalue weighted by Crippen LogP contribution is 2.40. The van der Waals surface area contributed by atoms with Crippen LogP contribution in [0.5, 0.6) is 0 Å². The summed E-state index contributed by atoms with van der Waals surface area (Å²) in [6, 6.07) is 9.46. The van der Waals surface area contributed by atoms with E-state index in [4.69, 9.17) is 11.6 Å². The Morgan fingerprint density at radius 2 is 2.04 bits per heavy atom. The third-order valence-corrected chi connectivity index (χ3v) is 4.39. The van der Waals surface area contributed by atoms with Crippen LogP contribution in [0.2, 0.25) is 5.02 Å². The molecule has 0 unspecified atom stereocenters. The zero-order valence-electron chi connectivity index (χ0n) is 14.0. The van der Waals surface area contributed by atoms with E-state index in [1.165, 1.54) is 12.8 Å². The van der Waals surface area contributed by atoms with E-state index in [1.807, 2.05) is 30.3 Å². The number of hydrogen-bond donors (Lipinski definition) is 3. The minimum Gasteiger partial charge on any atom is -0.394 e. The average Bonchev–Trinajstić information content (AvgIpc) is 3.37. The maximum atomic E-state index is 9.54. The molecular formula is C18H23ClN4O. The standard InChI is InChI=1S/C18H23ClN4O/c1-11(2)16(10-24)22-18-21-15(12-6-7-12)9-17(23-18)20-14-5-3-4-13(19)8-14/h3-5,8-9,11-12,16,24H,6-7,10H2,1-2H3,(H2,20,21,22,23)/t16-/m1/s1. The van der Waals surface area contributed by atoms with Crippen LogP contribution < -0.4 is 10.6 Å². The van der Waals surface area contributed by atoms with Gasteiger partial charge in [0.1, 0.15) is 5.82 Å². The molecule has 1 atom stereocenters. The molecule has 1 aliphatic rings. The van der Waals surface area contributed by atoms with Crippen molar-refractivity contribution >= 4 is 29.1 Å². The van der Waals surface area contributed by atoms with E-state index < -0.39 is 0 Å². The predicted octanol–water partition coefficient (Wildman–Crippen LogP) is 4.18. The number of aliphatic hydroxyl groups excluding tert-OH is 1. The first-order valence-electron chi connectivity index (χ1n) is 8.34. The average molecular weight is 347 g/mol. The molecule has 0 saturated heterocycles. The number of nitrogens with one attached hydrogen (secondary N) is 2. The Morgan fingerprint density at radius 3 is 2.67 bits per heavy atom. The van der Waals surface area contributed by atoms with E-state index in [9.17, 15) is 5.11 Å². The van der Waals surface area contributed by atoms with E-state index in [0.29, 0.717) is 16.9 Å². The fourth-order valence-corrected chi connectivity index (χ4v) is 2.68. The maximum Gasteiger partial charge on any atom is 0.225 e. The van der Waals surface area contributed by atoms with Crippen molar-refractivity contribution in [3.8, 4) is 0 Å². The SMILES string of the molecule is CC(C)[C@@H](CO)Nc1nc(Nc2cccc(Cl)c2)cc(C2CC2)n1. The number of benzene rings is 1. The highest BCUT2D eigenvalue weighted by atomic mass is 35.5. The maximum absolute atomic E-state index is 9.54. The van der Waals surface area contributed by atoms with Crippen LogP contribution in [-0.2, 0) is 0 Å². The quantitative estimate of drug-likeness (QED) is 0.701. The Labute approximate surface area is 147 Å². The summed E-state index contributed by atoms with van der Waals surface area (Å²) in [4.78, 5) is 9.18. The van der Waals surface area contributed by atoms with Gasteiger partial charge in [0.15, 0.2) is 0 Å². The monoisotopic (exact) mass is 346 g/mol. The van der Waals surface area contributed by atoms with Gasteiger partial charge in [-0.3, -0.25) is 0 Å². The molecule has 0 radical (unpaired) electrons. The number of aromatic nitrogens is 2. The molecule has 0 aliphatic heterocycles. The molecule has 6 heteroatoms. The molecule has 2 aromatic rings. The molecule has 128 valence electrons. The lowest BCUT2D eigenvalue weighted by Crippen LogP contribution is -2.30. The molecular weight excluding hydrogens is 324 g/mol. The van der Waals surface area contributed by atoms with Gasteiger partial charge in [0, 0.05) is 22.7 Å². The van der Waals surface area contributed by atoms with Crippen molar-refractivity contribution in [2.45, 2.75) is 38.6 Å². The van der Waals surface area contributed by atoms with Crippen molar-refractivity contribution < 1.29 is 5.11 Å². The van der Waals surface area contributed by atoms with Crippen LogP contribution in [0.15, 0.2) is 30.3 Å². The first-order chi connectivity index (χ1) is 11.5. The molecule has 1 aliphatic carbocycles. The Morgan fingerprint density at radius 1 is 1.25 bits per heavy atom. The highest BCUT2D eigenvalue weighted by Gasteiger charge is 2.26. The molecule has 5 nitrogen and oxygen atoms in total. The predicted molar refractivity (Wildman–Crippen MR) is 98.1 cm³/mol. The largest absolute Gasteiger partial charge is 0.394 e. The molecule has 1 fully saturated rings. The minimum absolute atomic E-state index is 0.0474. The second-order valence-electron chi connectivity index (χ2n) is 6.59. The smallest absolute Gasteiger partial charge is 0.225 e. The number of aliphatic hydroxyl groups is 1. The molecule has 1 saturated carbocycles. The fourth-order valence-electron chi connectivity index (χ4n) is 2.49. The molecule has 24 heavy (non-hydrogen) atoms. The normalized spacial score (nSPS) is 15.4. The summed E-state index contributed by atoms with van der Waals surface area (Å²) in [5.41, 5.74) is 1.92. The van der Waals surface area contributed by atoms with Crippen LogP contribution in [0.4, 0.5) is 17.5 Å². The second kappa shape index (κ2) is 7.36. The third-order valence-electron chi connectivity index (χ3n) is 4.15. The van der Waals surface area contributed by atoms with Gasteiger partial charge in [-0.05, 0) is 37.0 Å². The molecule has 1 heterocycles. The van der Waals surface area contributed by atoms with Crippen molar-refractivity contribution in [1.82, 2.24) is 9.97 Å².